The molecule has 0 fully saturated rings. The summed E-state index contributed by atoms with van der Waals surface area (Å²) in [6.45, 7) is 3.63. The molecule has 0 saturated heterocycles. The van der Waals surface area contributed by atoms with Gasteiger partial charge in [-0.1, -0.05) is 37.0 Å². The second kappa shape index (κ2) is 10.8. The first-order chi connectivity index (χ1) is 14.3. The highest BCUT2D eigenvalue weighted by molar-refractivity contribution is 6.42. The monoisotopic (exact) mass is 451 g/mol. The van der Waals surface area contributed by atoms with Gasteiger partial charge in [0.15, 0.2) is 11.5 Å². The average Bonchev–Trinajstić information content (AvgIpc) is 2.73. The molecule has 1 unspecified atom stereocenters. The van der Waals surface area contributed by atoms with E-state index < -0.39 is 17.9 Å². The first-order valence-electron chi connectivity index (χ1n) is 9.07. The molecule has 1 atom stereocenters. The topological polar surface area (TPSA) is 89.0 Å². The number of methoxy groups -OCH3 is 2. The molecule has 30 heavy (non-hydrogen) atoms. The molecule has 0 bridgehead atoms. The van der Waals surface area contributed by atoms with Crippen LogP contribution in [0, 0.1) is 5.92 Å². The lowest BCUT2D eigenvalue weighted by Gasteiger charge is -2.20. The number of carbonyl (C=O) groups excluding carboxylic acids is 2. The number of nitrogens with one attached hydrogen (secondary N) is 2. The van der Waals surface area contributed by atoms with Crippen LogP contribution < -0.4 is 20.2 Å². The second-order valence-corrected chi connectivity index (χ2v) is 7.49. The van der Waals surface area contributed by atoms with Crippen molar-refractivity contribution >= 4 is 41.2 Å². The van der Waals surface area contributed by atoms with Gasteiger partial charge in [0, 0.05) is 5.56 Å². The maximum atomic E-state index is 12.6. The second-order valence-electron chi connectivity index (χ2n) is 6.67. The van der Waals surface area contributed by atoms with Gasteiger partial charge in [0.25, 0.3) is 11.8 Å². The molecule has 7 nitrogen and oxygen atoms in total. The average molecular weight is 452 g/mol. The summed E-state index contributed by atoms with van der Waals surface area (Å²) in [6.07, 6.45) is 1.47. The lowest BCUT2D eigenvalue weighted by Crippen LogP contribution is -2.48. The van der Waals surface area contributed by atoms with Crippen molar-refractivity contribution in [3.05, 3.63) is 57.6 Å². The Balaban J connectivity index is 2.05. The van der Waals surface area contributed by atoms with Crippen molar-refractivity contribution in [2.75, 3.05) is 14.2 Å². The van der Waals surface area contributed by atoms with Crippen LogP contribution in [0.5, 0.6) is 11.5 Å². The third-order valence-corrected chi connectivity index (χ3v) is 4.95. The SMILES string of the molecule is COc1ccc(/C=N/NC(=O)C(NC(=O)c2ccc(Cl)c(Cl)c2)C(C)C)cc1OC. The van der Waals surface area contributed by atoms with E-state index in [4.69, 9.17) is 32.7 Å². The van der Waals surface area contributed by atoms with E-state index in [0.717, 1.165) is 0 Å². The Hall–Kier alpha value is -2.77. The number of rotatable bonds is 8. The zero-order valence-electron chi connectivity index (χ0n) is 17.0. The predicted molar refractivity (Wildman–Crippen MR) is 118 cm³/mol. The standard InChI is InChI=1S/C21H23Cl2N3O4/c1-12(2)19(25-20(27)14-6-7-15(22)16(23)10-14)21(28)26-24-11-13-5-8-17(29-3)18(9-13)30-4/h5-12,19H,1-4H3,(H,25,27)(H,26,28)/b24-11+. The fourth-order valence-electron chi connectivity index (χ4n) is 2.57. The van der Waals surface area contributed by atoms with Crippen LogP contribution in [0.3, 0.4) is 0 Å². The van der Waals surface area contributed by atoms with E-state index in [1.807, 2.05) is 13.8 Å². The van der Waals surface area contributed by atoms with Crippen LogP contribution in [0.2, 0.25) is 10.0 Å². The van der Waals surface area contributed by atoms with E-state index >= 15 is 0 Å². The molecule has 0 saturated carbocycles. The molecule has 160 valence electrons. The highest BCUT2D eigenvalue weighted by atomic mass is 35.5. The van der Waals surface area contributed by atoms with Gasteiger partial charge >= 0.3 is 0 Å². The molecule has 0 aromatic heterocycles. The quantitative estimate of drug-likeness (QED) is 0.470. The lowest BCUT2D eigenvalue weighted by molar-refractivity contribution is -0.123. The number of ether oxygens (including phenoxy) is 2. The molecule has 2 aromatic rings. The Kier molecular flexibility index (Phi) is 8.50. The van der Waals surface area contributed by atoms with Gasteiger partial charge in [-0.15, -0.1) is 0 Å². The van der Waals surface area contributed by atoms with Crippen LogP contribution in [0.25, 0.3) is 0 Å². The normalized spacial score (nSPS) is 12.0. The van der Waals surface area contributed by atoms with E-state index in [1.165, 1.54) is 31.5 Å². The van der Waals surface area contributed by atoms with Gasteiger partial charge in [-0.05, 0) is 47.9 Å². The molecule has 0 aliphatic heterocycles. The van der Waals surface area contributed by atoms with E-state index in [-0.39, 0.29) is 10.9 Å². The maximum Gasteiger partial charge on any atom is 0.262 e. The number of carbonyl (C=O) groups is 2. The minimum absolute atomic E-state index is 0.173. The first-order valence-corrected chi connectivity index (χ1v) is 9.83. The number of hydrazone groups is 1. The van der Waals surface area contributed by atoms with Crippen molar-refractivity contribution in [1.29, 1.82) is 0 Å². The smallest absolute Gasteiger partial charge is 0.262 e. The van der Waals surface area contributed by atoms with Crippen molar-refractivity contribution in [3.63, 3.8) is 0 Å². The fourth-order valence-corrected chi connectivity index (χ4v) is 2.87. The highest BCUT2D eigenvalue weighted by Gasteiger charge is 2.24. The van der Waals surface area contributed by atoms with Crippen LogP contribution >= 0.6 is 23.2 Å². The van der Waals surface area contributed by atoms with E-state index in [2.05, 4.69) is 15.8 Å². The summed E-state index contributed by atoms with van der Waals surface area (Å²) in [5.41, 5.74) is 3.46. The molecule has 2 aromatic carbocycles. The summed E-state index contributed by atoms with van der Waals surface area (Å²) in [7, 11) is 3.08. The van der Waals surface area contributed by atoms with Gasteiger partial charge < -0.3 is 14.8 Å². The zero-order chi connectivity index (χ0) is 22.3. The molecule has 2 N–H and O–H groups in total. The Morgan fingerprint density at radius 1 is 1.00 bits per heavy atom. The summed E-state index contributed by atoms with van der Waals surface area (Å²) in [5, 5.41) is 7.27. The zero-order valence-corrected chi connectivity index (χ0v) is 18.5. The summed E-state index contributed by atoms with van der Waals surface area (Å²) in [4.78, 5) is 25.1. The molecule has 2 rings (SSSR count). The molecule has 2 amide bonds. The highest BCUT2D eigenvalue weighted by Crippen LogP contribution is 2.27. The number of amides is 2. The number of halogens is 2. The molecule has 9 heteroatoms. The van der Waals surface area contributed by atoms with E-state index in [0.29, 0.717) is 27.6 Å². The van der Waals surface area contributed by atoms with Gasteiger partial charge in [0.1, 0.15) is 6.04 Å². The molecule has 0 aliphatic carbocycles. The van der Waals surface area contributed by atoms with Crippen molar-refractivity contribution in [2.24, 2.45) is 11.0 Å². The molecule has 0 radical (unpaired) electrons. The Labute approximate surface area is 185 Å². The Morgan fingerprint density at radius 2 is 1.70 bits per heavy atom. The number of hydrogen-bond acceptors (Lipinski definition) is 5. The van der Waals surface area contributed by atoms with E-state index in [9.17, 15) is 9.59 Å². The van der Waals surface area contributed by atoms with Crippen molar-refractivity contribution in [3.8, 4) is 11.5 Å². The summed E-state index contributed by atoms with van der Waals surface area (Å²) in [5.74, 6) is 0.0692. The fraction of sp³-hybridized carbons (Fsp3) is 0.286. The Bertz CT molecular complexity index is 948. The van der Waals surface area contributed by atoms with Crippen LogP contribution in [0.1, 0.15) is 29.8 Å². The number of benzene rings is 2. The summed E-state index contributed by atoms with van der Waals surface area (Å²) in [6, 6.07) is 8.93. The molecular formula is C21H23Cl2N3O4. The van der Waals surface area contributed by atoms with Gasteiger partial charge in [0.05, 0.1) is 30.5 Å². The molecular weight excluding hydrogens is 429 g/mol. The minimum atomic E-state index is -0.797. The molecule has 0 heterocycles. The van der Waals surface area contributed by atoms with Gasteiger partial charge in [-0.25, -0.2) is 5.43 Å². The first kappa shape index (κ1) is 23.5. The predicted octanol–water partition coefficient (Wildman–Crippen LogP) is 3.92. The molecule has 0 aliphatic rings. The third kappa shape index (κ3) is 6.11. The third-order valence-electron chi connectivity index (χ3n) is 4.21. The van der Waals surface area contributed by atoms with Crippen LogP contribution in [0.4, 0.5) is 0 Å². The van der Waals surface area contributed by atoms with Crippen LogP contribution in [-0.2, 0) is 4.79 Å². The minimum Gasteiger partial charge on any atom is -0.493 e. The molecule has 0 spiro atoms. The van der Waals surface area contributed by atoms with Gasteiger partial charge in [-0.3, -0.25) is 9.59 Å². The summed E-state index contributed by atoms with van der Waals surface area (Å²) < 4.78 is 10.4. The van der Waals surface area contributed by atoms with Gasteiger partial charge in [0.2, 0.25) is 0 Å². The largest absolute Gasteiger partial charge is 0.493 e. The van der Waals surface area contributed by atoms with Crippen molar-refractivity contribution in [1.82, 2.24) is 10.7 Å². The maximum absolute atomic E-state index is 12.6. The number of nitrogens with zero attached hydrogens (tertiary/aromatic N) is 1. The van der Waals surface area contributed by atoms with Crippen LogP contribution in [0.15, 0.2) is 41.5 Å². The van der Waals surface area contributed by atoms with Crippen LogP contribution in [-0.4, -0.2) is 38.3 Å². The Morgan fingerprint density at radius 3 is 2.30 bits per heavy atom. The van der Waals surface area contributed by atoms with E-state index in [1.54, 1.807) is 25.3 Å². The van der Waals surface area contributed by atoms with Crippen molar-refractivity contribution < 1.29 is 19.1 Å². The number of hydrogen-bond donors (Lipinski definition) is 2. The van der Waals surface area contributed by atoms with Gasteiger partial charge in [-0.2, -0.15) is 5.10 Å². The lowest BCUT2D eigenvalue weighted by atomic mass is 10.0. The summed E-state index contributed by atoms with van der Waals surface area (Å²) >= 11 is 11.8. The van der Waals surface area contributed by atoms with Crippen molar-refractivity contribution in [2.45, 2.75) is 19.9 Å².